The van der Waals surface area contributed by atoms with Crippen LogP contribution in [0.5, 0.6) is 0 Å². The molecule has 0 saturated carbocycles. The number of likely N-dealkylation sites (N-methyl/N-ethyl adjacent to an activating group) is 1. The number of nitrogens with zero attached hydrogens (tertiary/aromatic N) is 5. The number of hydrogen-bond donors (Lipinski definition) is 1. The van der Waals surface area contributed by atoms with Gasteiger partial charge in [-0.3, -0.25) is 15.0 Å². The number of anilines is 1. The largest absolute Gasteiger partial charge is 0.378 e. The van der Waals surface area contributed by atoms with Crippen LogP contribution in [-0.4, -0.2) is 83.2 Å². The van der Waals surface area contributed by atoms with Crippen LogP contribution in [0.4, 0.5) is 10.7 Å². The van der Waals surface area contributed by atoms with Crippen LogP contribution in [0.2, 0.25) is 0 Å². The Hall–Kier alpha value is -2.26. The molecule has 3 fully saturated rings. The summed E-state index contributed by atoms with van der Waals surface area (Å²) in [4.78, 5) is 39.5. The fraction of sp³-hybridized carbons (Fsp3) is 0.667. The van der Waals surface area contributed by atoms with Gasteiger partial charge < -0.3 is 14.5 Å². The Morgan fingerprint density at radius 1 is 1.11 bits per heavy atom. The van der Waals surface area contributed by atoms with Crippen molar-refractivity contribution < 1.29 is 14.3 Å². The highest BCUT2D eigenvalue weighted by atomic mass is 16.5. The van der Waals surface area contributed by atoms with Crippen LogP contribution in [0.1, 0.15) is 25.3 Å². The first-order valence-corrected chi connectivity index (χ1v) is 9.61. The first-order chi connectivity index (χ1) is 13.1. The van der Waals surface area contributed by atoms with Crippen LogP contribution in [0.3, 0.4) is 0 Å². The predicted molar refractivity (Wildman–Crippen MR) is 98.2 cm³/mol. The molecule has 9 nitrogen and oxygen atoms in total. The van der Waals surface area contributed by atoms with E-state index in [1.165, 1.54) is 0 Å². The standard InChI is InChI=1S/C18H26N6O3/c1-2-24-17(26)21-15(25)18(24)3-5-22(6-4-18)13-14-11-19-16(20-12-14)23-7-9-27-10-8-23/h11-12H,2-10,13H2,1H3,(H,21,25,26). The lowest BCUT2D eigenvalue weighted by atomic mass is 9.86. The zero-order chi connectivity index (χ0) is 18.9. The molecule has 0 bridgehead atoms. The Kier molecular flexibility index (Phi) is 4.96. The van der Waals surface area contributed by atoms with E-state index >= 15 is 0 Å². The average Bonchev–Trinajstić information content (AvgIpc) is 2.94. The molecule has 0 aliphatic carbocycles. The molecule has 3 aliphatic rings. The molecule has 9 heteroatoms. The number of carbonyl (C=O) groups is 2. The second-order valence-electron chi connectivity index (χ2n) is 7.30. The van der Waals surface area contributed by atoms with Crippen molar-refractivity contribution in [3.05, 3.63) is 18.0 Å². The van der Waals surface area contributed by atoms with Gasteiger partial charge in [0.05, 0.1) is 13.2 Å². The number of hydrogen-bond acceptors (Lipinski definition) is 7. The maximum atomic E-state index is 12.4. The van der Waals surface area contributed by atoms with Crippen LogP contribution in [-0.2, 0) is 16.1 Å². The molecule has 27 heavy (non-hydrogen) atoms. The highest BCUT2D eigenvalue weighted by Crippen LogP contribution is 2.33. The Labute approximate surface area is 158 Å². The summed E-state index contributed by atoms with van der Waals surface area (Å²) < 4.78 is 5.36. The highest BCUT2D eigenvalue weighted by molar-refractivity contribution is 6.07. The second-order valence-corrected chi connectivity index (χ2v) is 7.30. The summed E-state index contributed by atoms with van der Waals surface area (Å²) in [6.07, 6.45) is 5.08. The summed E-state index contributed by atoms with van der Waals surface area (Å²) in [5.41, 5.74) is 0.390. The van der Waals surface area contributed by atoms with E-state index in [9.17, 15) is 9.59 Å². The van der Waals surface area contributed by atoms with E-state index < -0.39 is 5.54 Å². The zero-order valence-corrected chi connectivity index (χ0v) is 15.7. The molecule has 0 unspecified atom stereocenters. The van der Waals surface area contributed by atoms with Crippen molar-refractivity contribution in [2.75, 3.05) is 50.8 Å². The fourth-order valence-corrected chi connectivity index (χ4v) is 4.24. The van der Waals surface area contributed by atoms with Crippen LogP contribution >= 0.6 is 0 Å². The van der Waals surface area contributed by atoms with E-state index in [1.54, 1.807) is 4.90 Å². The number of imide groups is 1. The summed E-state index contributed by atoms with van der Waals surface area (Å²) in [5.74, 6) is 0.603. The van der Waals surface area contributed by atoms with Crippen LogP contribution in [0, 0.1) is 0 Å². The van der Waals surface area contributed by atoms with Gasteiger partial charge >= 0.3 is 6.03 Å². The molecule has 1 aromatic rings. The van der Waals surface area contributed by atoms with Gasteiger partial charge in [-0.15, -0.1) is 0 Å². The van der Waals surface area contributed by atoms with Gasteiger partial charge in [-0.1, -0.05) is 0 Å². The maximum absolute atomic E-state index is 12.4. The minimum atomic E-state index is -0.668. The molecular weight excluding hydrogens is 348 g/mol. The number of nitrogens with one attached hydrogen (secondary N) is 1. The zero-order valence-electron chi connectivity index (χ0n) is 15.7. The molecule has 146 valence electrons. The first kappa shape index (κ1) is 18.1. The Bertz CT molecular complexity index is 696. The summed E-state index contributed by atoms with van der Waals surface area (Å²) in [6, 6.07) is -0.261. The molecule has 1 N–H and O–H groups in total. The van der Waals surface area contributed by atoms with Gasteiger partial charge in [0, 0.05) is 57.2 Å². The van der Waals surface area contributed by atoms with Crippen LogP contribution in [0.25, 0.3) is 0 Å². The number of carbonyl (C=O) groups excluding carboxylic acids is 2. The molecule has 3 saturated heterocycles. The number of rotatable bonds is 4. The SMILES string of the molecule is CCN1C(=O)NC(=O)C12CCN(Cc1cnc(N3CCOCC3)nc1)CC2. The number of ether oxygens (including phenoxy) is 1. The summed E-state index contributed by atoms with van der Waals surface area (Å²) >= 11 is 0. The van der Waals surface area contributed by atoms with Gasteiger partial charge in [0.15, 0.2) is 0 Å². The van der Waals surface area contributed by atoms with E-state index in [2.05, 4.69) is 25.1 Å². The summed E-state index contributed by atoms with van der Waals surface area (Å²) in [6.45, 7) is 7.82. The molecule has 0 aromatic carbocycles. The third kappa shape index (κ3) is 3.37. The van der Waals surface area contributed by atoms with Gasteiger partial charge in [0.2, 0.25) is 5.95 Å². The molecule has 1 spiro atoms. The summed E-state index contributed by atoms with van der Waals surface area (Å²) in [5, 5.41) is 2.48. The quantitative estimate of drug-likeness (QED) is 0.754. The van der Waals surface area contributed by atoms with Crippen LogP contribution < -0.4 is 10.2 Å². The first-order valence-electron chi connectivity index (χ1n) is 9.61. The molecule has 0 atom stereocenters. The van der Waals surface area contributed by atoms with E-state index in [-0.39, 0.29) is 11.9 Å². The third-order valence-corrected chi connectivity index (χ3v) is 5.80. The highest BCUT2D eigenvalue weighted by Gasteiger charge is 2.53. The number of piperidine rings is 1. The normalized spacial score (nSPS) is 23.1. The van der Waals surface area contributed by atoms with Gasteiger partial charge in [-0.05, 0) is 19.8 Å². The predicted octanol–water partition coefficient (Wildman–Crippen LogP) is 0.220. The number of aromatic nitrogens is 2. The maximum Gasteiger partial charge on any atom is 0.325 e. The molecular formula is C18H26N6O3. The van der Waals surface area contributed by atoms with Crippen molar-refractivity contribution in [2.45, 2.75) is 31.8 Å². The van der Waals surface area contributed by atoms with Crippen molar-refractivity contribution in [1.29, 1.82) is 0 Å². The molecule has 3 aliphatic heterocycles. The van der Waals surface area contributed by atoms with Gasteiger partial charge in [-0.25, -0.2) is 14.8 Å². The van der Waals surface area contributed by atoms with E-state index in [0.717, 1.165) is 44.2 Å². The molecule has 1 aromatic heterocycles. The van der Waals surface area contributed by atoms with Gasteiger partial charge in [-0.2, -0.15) is 0 Å². The number of urea groups is 1. The topological polar surface area (TPSA) is 90.9 Å². The monoisotopic (exact) mass is 374 g/mol. The number of morpholine rings is 1. The minimum Gasteiger partial charge on any atom is -0.378 e. The smallest absolute Gasteiger partial charge is 0.325 e. The van der Waals surface area contributed by atoms with Crippen molar-refractivity contribution in [1.82, 2.24) is 25.1 Å². The van der Waals surface area contributed by atoms with Crippen molar-refractivity contribution in [2.24, 2.45) is 0 Å². The number of amides is 3. The third-order valence-electron chi connectivity index (χ3n) is 5.80. The van der Waals surface area contributed by atoms with Crippen molar-refractivity contribution in [3.63, 3.8) is 0 Å². The molecule has 4 heterocycles. The lowest BCUT2D eigenvalue weighted by molar-refractivity contribution is -0.129. The Morgan fingerprint density at radius 2 is 1.78 bits per heavy atom. The molecule has 4 rings (SSSR count). The lowest BCUT2D eigenvalue weighted by Gasteiger charge is -2.41. The number of likely N-dealkylation sites (tertiary alicyclic amines) is 1. The Balaban J connectivity index is 1.35. The second kappa shape index (κ2) is 7.40. The summed E-state index contributed by atoms with van der Waals surface area (Å²) in [7, 11) is 0. The minimum absolute atomic E-state index is 0.146. The molecule has 3 amide bonds. The van der Waals surface area contributed by atoms with Gasteiger partial charge in [0.1, 0.15) is 5.54 Å². The van der Waals surface area contributed by atoms with Gasteiger partial charge in [0.25, 0.3) is 5.91 Å². The fourth-order valence-electron chi connectivity index (χ4n) is 4.24. The average molecular weight is 374 g/mol. The Morgan fingerprint density at radius 3 is 2.41 bits per heavy atom. The van der Waals surface area contributed by atoms with Crippen molar-refractivity contribution >= 4 is 17.9 Å². The van der Waals surface area contributed by atoms with Crippen molar-refractivity contribution in [3.8, 4) is 0 Å². The van der Waals surface area contributed by atoms with E-state index in [0.29, 0.717) is 32.6 Å². The van der Waals surface area contributed by atoms with E-state index in [4.69, 9.17) is 4.74 Å². The van der Waals surface area contributed by atoms with Crippen LogP contribution in [0.15, 0.2) is 12.4 Å². The van der Waals surface area contributed by atoms with E-state index in [1.807, 2.05) is 19.3 Å². The lowest BCUT2D eigenvalue weighted by Crippen LogP contribution is -2.56. The molecule has 0 radical (unpaired) electrons.